The van der Waals surface area contributed by atoms with Gasteiger partial charge in [0.15, 0.2) is 0 Å². The number of aliphatic hydroxyl groups excluding tert-OH is 1. The maximum absolute atomic E-state index is 11.8. The largest absolute Gasteiger partial charge is 0.391 e. The molecule has 0 saturated carbocycles. The topological polar surface area (TPSA) is 66.6 Å². The first kappa shape index (κ1) is 13.5. The SMILES string of the molecule is CCC1CN(C(=O)CCCCCN)CC1O. The number of hydrogen-bond acceptors (Lipinski definition) is 3. The summed E-state index contributed by atoms with van der Waals surface area (Å²) in [5, 5.41) is 9.71. The molecule has 4 nitrogen and oxygen atoms in total. The second-order valence-electron chi connectivity index (χ2n) is 4.63. The Morgan fingerprint density at radius 2 is 2.12 bits per heavy atom. The van der Waals surface area contributed by atoms with Crippen molar-refractivity contribution >= 4 is 5.91 Å². The molecule has 3 N–H and O–H groups in total. The third kappa shape index (κ3) is 3.76. The Balaban J connectivity index is 2.22. The molecule has 0 aromatic carbocycles. The second kappa shape index (κ2) is 6.86. The zero-order valence-electron chi connectivity index (χ0n) is 10.2. The van der Waals surface area contributed by atoms with E-state index in [0.717, 1.165) is 32.2 Å². The van der Waals surface area contributed by atoms with Gasteiger partial charge >= 0.3 is 0 Å². The summed E-state index contributed by atoms with van der Waals surface area (Å²) in [7, 11) is 0. The molecule has 16 heavy (non-hydrogen) atoms. The van der Waals surface area contributed by atoms with Crippen molar-refractivity contribution in [1.82, 2.24) is 4.90 Å². The van der Waals surface area contributed by atoms with Crippen LogP contribution in [0.2, 0.25) is 0 Å². The van der Waals surface area contributed by atoms with Gasteiger partial charge in [0.25, 0.3) is 0 Å². The van der Waals surface area contributed by atoms with Crippen LogP contribution >= 0.6 is 0 Å². The summed E-state index contributed by atoms with van der Waals surface area (Å²) in [5.74, 6) is 0.458. The first-order chi connectivity index (χ1) is 7.69. The fourth-order valence-electron chi connectivity index (χ4n) is 2.21. The van der Waals surface area contributed by atoms with Crippen LogP contribution in [0, 0.1) is 5.92 Å². The standard InChI is InChI=1S/C12H24N2O2/c1-2-10-8-14(9-11(10)15)12(16)6-4-3-5-7-13/h10-11,15H,2-9,13H2,1H3. The molecule has 0 aromatic heterocycles. The van der Waals surface area contributed by atoms with Crippen molar-refractivity contribution in [2.75, 3.05) is 19.6 Å². The number of amides is 1. The van der Waals surface area contributed by atoms with E-state index in [1.165, 1.54) is 0 Å². The molecule has 2 unspecified atom stereocenters. The first-order valence-electron chi connectivity index (χ1n) is 6.35. The highest BCUT2D eigenvalue weighted by atomic mass is 16.3. The number of nitrogens with zero attached hydrogens (tertiary/aromatic N) is 1. The fourth-order valence-corrected chi connectivity index (χ4v) is 2.21. The smallest absolute Gasteiger partial charge is 0.222 e. The molecular formula is C12H24N2O2. The average molecular weight is 228 g/mol. The summed E-state index contributed by atoms with van der Waals surface area (Å²) >= 11 is 0. The number of hydrogen-bond donors (Lipinski definition) is 2. The number of rotatable bonds is 6. The zero-order valence-corrected chi connectivity index (χ0v) is 10.2. The van der Waals surface area contributed by atoms with Crippen molar-refractivity contribution in [1.29, 1.82) is 0 Å². The van der Waals surface area contributed by atoms with Gasteiger partial charge in [-0.2, -0.15) is 0 Å². The summed E-state index contributed by atoms with van der Waals surface area (Å²) in [6.07, 6.45) is 4.15. The molecule has 94 valence electrons. The van der Waals surface area contributed by atoms with Gasteiger partial charge in [0, 0.05) is 25.4 Å². The van der Waals surface area contributed by atoms with Crippen LogP contribution in [0.4, 0.5) is 0 Å². The molecule has 0 bridgehead atoms. The molecule has 0 aromatic rings. The minimum atomic E-state index is -0.321. The van der Waals surface area contributed by atoms with E-state index >= 15 is 0 Å². The van der Waals surface area contributed by atoms with E-state index in [1.54, 1.807) is 4.90 Å². The van der Waals surface area contributed by atoms with Crippen molar-refractivity contribution in [3.63, 3.8) is 0 Å². The number of aliphatic hydroxyl groups is 1. The Kier molecular flexibility index (Phi) is 5.77. The lowest BCUT2D eigenvalue weighted by molar-refractivity contribution is -0.130. The fraction of sp³-hybridized carbons (Fsp3) is 0.917. The molecule has 0 aliphatic carbocycles. The zero-order chi connectivity index (χ0) is 12.0. The predicted octanol–water partition coefficient (Wildman–Crippen LogP) is 0.735. The van der Waals surface area contributed by atoms with Crippen LogP contribution in [0.15, 0.2) is 0 Å². The van der Waals surface area contributed by atoms with Gasteiger partial charge < -0.3 is 15.7 Å². The molecule has 0 spiro atoms. The summed E-state index contributed by atoms with van der Waals surface area (Å²) in [5.41, 5.74) is 5.39. The van der Waals surface area contributed by atoms with Crippen LogP contribution in [-0.2, 0) is 4.79 Å². The van der Waals surface area contributed by atoms with Crippen LogP contribution in [0.25, 0.3) is 0 Å². The Labute approximate surface area is 97.8 Å². The van der Waals surface area contributed by atoms with Crippen molar-refractivity contribution in [2.45, 2.75) is 45.1 Å². The number of nitrogens with two attached hydrogens (primary N) is 1. The van der Waals surface area contributed by atoms with E-state index < -0.39 is 0 Å². The lowest BCUT2D eigenvalue weighted by atomic mass is 10.0. The Morgan fingerprint density at radius 3 is 2.69 bits per heavy atom. The van der Waals surface area contributed by atoms with Gasteiger partial charge in [-0.05, 0) is 25.8 Å². The van der Waals surface area contributed by atoms with Crippen molar-refractivity contribution in [2.24, 2.45) is 11.7 Å². The summed E-state index contributed by atoms with van der Waals surface area (Å²) in [4.78, 5) is 13.6. The molecule has 1 heterocycles. The average Bonchev–Trinajstić information content (AvgIpc) is 2.66. The molecule has 1 saturated heterocycles. The number of carbonyl (C=O) groups is 1. The Hall–Kier alpha value is -0.610. The van der Waals surface area contributed by atoms with Crippen LogP contribution < -0.4 is 5.73 Å². The molecule has 1 aliphatic heterocycles. The van der Waals surface area contributed by atoms with Crippen LogP contribution in [0.1, 0.15) is 39.0 Å². The minimum absolute atomic E-state index is 0.187. The second-order valence-corrected chi connectivity index (χ2v) is 4.63. The van der Waals surface area contributed by atoms with Gasteiger partial charge in [-0.25, -0.2) is 0 Å². The van der Waals surface area contributed by atoms with Crippen LogP contribution in [0.3, 0.4) is 0 Å². The molecule has 1 aliphatic rings. The lowest BCUT2D eigenvalue weighted by Gasteiger charge is -2.15. The van der Waals surface area contributed by atoms with Gasteiger partial charge in [0.05, 0.1) is 6.10 Å². The first-order valence-corrected chi connectivity index (χ1v) is 6.35. The van der Waals surface area contributed by atoms with Gasteiger partial charge in [-0.3, -0.25) is 4.79 Å². The molecule has 1 amide bonds. The lowest BCUT2D eigenvalue weighted by Crippen LogP contribution is -2.29. The Morgan fingerprint density at radius 1 is 1.38 bits per heavy atom. The number of carbonyl (C=O) groups excluding carboxylic acids is 1. The quantitative estimate of drug-likeness (QED) is 0.659. The van der Waals surface area contributed by atoms with Crippen LogP contribution in [-0.4, -0.2) is 41.7 Å². The van der Waals surface area contributed by atoms with E-state index in [4.69, 9.17) is 5.73 Å². The molecular weight excluding hydrogens is 204 g/mol. The summed E-state index contributed by atoms with van der Waals surface area (Å²) in [6, 6.07) is 0. The maximum atomic E-state index is 11.8. The van der Waals surface area contributed by atoms with E-state index in [-0.39, 0.29) is 17.9 Å². The molecule has 2 atom stereocenters. The highest BCUT2D eigenvalue weighted by Gasteiger charge is 2.32. The van der Waals surface area contributed by atoms with Gasteiger partial charge in [-0.15, -0.1) is 0 Å². The molecule has 4 heteroatoms. The highest BCUT2D eigenvalue weighted by Crippen LogP contribution is 2.20. The van der Waals surface area contributed by atoms with Gasteiger partial charge in [-0.1, -0.05) is 13.3 Å². The number of β-amino-alcohol motifs (C(OH)–C–C–N with tert-alkyl or cyclic N) is 1. The maximum Gasteiger partial charge on any atom is 0.222 e. The summed E-state index contributed by atoms with van der Waals surface area (Å²) in [6.45, 7) is 4.01. The molecule has 0 radical (unpaired) electrons. The minimum Gasteiger partial charge on any atom is -0.391 e. The third-order valence-electron chi connectivity index (χ3n) is 3.38. The van der Waals surface area contributed by atoms with E-state index in [2.05, 4.69) is 6.92 Å². The van der Waals surface area contributed by atoms with Crippen molar-refractivity contribution < 1.29 is 9.90 Å². The van der Waals surface area contributed by atoms with Crippen LogP contribution in [0.5, 0.6) is 0 Å². The third-order valence-corrected chi connectivity index (χ3v) is 3.38. The van der Waals surface area contributed by atoms with E-state index in [1.807, 2.05) is 0 Å². The van der Waals surface area contributed by atoms with Gasteiger partial charge in [0.1, 0.15) is 0 Å². The Bertz CT molecular complexity index is 221. The monoisotopic (exact) mass is 228 g/mol. The number of likely N-dealkylation sites (tertiary alicyclic amines) is 1. The molecule has 1 rings (SSSR count). The predicted molar refractivity (Wildman–Crippen MR) is 63.9 cm³/mol. The van der Waals surface area contributed by atoms with E-state index in [0.29, 0.717) is 19.5 Å². The highest BCUT2D eigenvalue weighted by molar-refractivity contribution is 5.76. The van der Waals surface area contributed by atoms with Gasteiger partial charge in [0.2, 0.25) is 5.91 Å². The number of unbranched alkanes of at least 4 members (excludes halogenated alkanes) is 2. The van der Waals surface area contributed by atoms with Crippen molar-refractivity contribution in [3.05, 3.63) is 0 Å². The molecule has 1 fully saturated rings. The summed E-state index contributed by atoms with van der Waals surface area (Å²) < 4.78 is 0. The van der Waals surface area contributed by atoms with E-state index in [9.17, 15) is 9.90 Å². The van der Waals surface area contributed by atoms with Crippen molar-refractivity contribution in [3.8, 4) is 0 Å². The normalized spacial score (nSPS) is 25.1.